The average molecular weight is 358 g/mol. The molecule has 0 spiro atoms. The summed E-state index contributed by atoms with van der Waals surface area (Å²) in [6.07, 6.45) is 6.04. The van der Waals surface area contributed by atoms with Crippen molar-refractivity contribution in [3.05, 3.63) is 29.8 Å². The molecule has 4 atom stereocenters. The molecule has 4 rings (SSSR count). The number of aliphatic hydroxyl groups excluding tert-OH is 1. The monoisotopic (exact) mass is 358 g/mol. The van der Waals surface area contributed by atoms with Gasteiger partial charge in [-0.15, -0.1) is 0 Å². The number of nitrogens with zero attached hydrogens (tertiary/aromatic N) is 2. The first-order valence-corrected chi connectivity index (χ1v) is 9.97. The molecule has 142 valence electrons. The van der Waals surface area contributed by atoms with E-state index in [1.807, 2.05) is 11.0 Å². The summed E-state index contributed by atoms with van der Waals surface area (Å²) in [6.45, 7) is 2.42. The van der Waals surface area contributed by atoms with E-state index in [2.05, 4.69) is 23.1 Å². The number of fused-ring (bicyclic) bond motifs is 4. The Morgan fingerprint density at radius 2 is 2.12 bits per heavy atom. The molecule has 5 heteroatoms. The van der Waals surface area contributed by atoms with Crippen molar-refractivity contribution in [2.24, 2.45) is 11.8 Å². The van der Waals surface area contributed by atoms with Crippen LogP contribution >= 0.6 is 0 Å². The summed E-state index contributed by atoms with van der Waals surface area (Å²) in [6, 6.07) is 9.45. The van der Waals surface area contributed by atoms with Gasteiger partial charge in [0.1, 0.15) is 12.4 Å². The van der Waals surface area contributed by atoms with Gasteiger partial charge in [0, 0.05) is 25.2 Å². The van der Waals surface area contributed by atoms with Crippen LogP contribution in [0.3, 0.4) is 0 Å². The minimum Gasteiger partial charge on any atom is -0.497 e. The Labute approximate surface area is 155 Å². The van der Waals surface area contributed by atoms with Crippen molar-refractivity contribution >= 4 is 5.91 Å². The zero-order chi connectivity index (χ0) is 18.1. The van der Waals surface area contributed by atoms with Crippen LogP contribution in [0.25, 0.3) is 0 Å². The van der Waals surface area contributed by atoms with Gasteiger partial charge in [-0.05, 0) is 61.8 Å². The molecule has 2 bridgehead atoms. The van der Waals surface area contributed by atoms with E-state index in [0.717, 1.165) is 25.3 Å². The number of hydrogen-bond donors (Lipinski definition) is 1. The van der Waals surface area contributed by atoms with Crippen LogP contribution in [0, 0.1) is 11.8 Å². The lowest BCUT2D eigenvalue weighted by Gasteiger charge is -2.57. The highest BCUT2D eigenvalue weighted by Gasteiger charge is 2.47. The molecule has 0 aliphatic carbocycles. The Bertz CT molecular complexity index is 650. The van der Waals surface area contributed by atoms with Gasteiger partial charge in [0.05, 0.1) is 7.11 Å². The molecule has 3 aliphatic rings. The predicted molar refractivity (Wildman–Crippen MR) is 100 cm³/mol. The van der Waals surface area contributed by atoms with Gasteiger partial charge in [-0.1, -0.05) is 18.6 Å². The molecule has 3 aliphatic heterocycles. The van der Waals surface area contributed by atoms with Crippen molar-refractivity contribution in [2.45, 2.75) is 44.2 Å². The lowest BCUT2D eigenvalue weighted by molar-refractivity contribution is -0.143. The number of carbonyl (C=O) groups excluding carboxylic acids is 1. The van der Waals surface area contributed by atoms with Crippen molar-refractivity contribution in [2.75, 3.05) is 33.4 Å². The van der Waals surface area contributed by atoms with Gasteiger partial charge in [-0.3, -0.25) is 9.69 Å². The summed E-state index contributed by atoms with van der Waals surface area (Å²) in [5, 5.41) is 9.33. The van der Waals surface area contributed by atoms with Gasteiger partial charge in [-0.2, -0.15) is 0 Å². The average Bonchev–Trinajstić information content (AvgIpc) is 2.70. The van der Waals surface area contributed by atoms with E-state index in [1.54, 1.807) is 7.11 Å². The predicted octanol–water partition coefficient (Wildman–Crippen LogP) is 1.93. The fourth-order valence-corrected chi connectivity index (χ4v) is 5.53. The third-order valence-corrected chi connectivity index (χ3v) is 6.69. The number of aliphatic hydroxyl groups is 1. The topological polar surface area (TPSA) is 53.0 Å². The van der Waals surface area contributed by atoms with E-state index in [1.165, 1.54) is 37.8 Å². The standard InChI is InChI=1S/C21H30N2O3/c1-26-18-6-4-5-15(9-18)10-20-17-11-16(12-22(13-17)21(25)14-24)19-7-2-3-8-23(19)20/h4-6,9,16-17,19-20,24H,2-3,7-8,10-14H2,1H3/t16-,17+,19+,20+/m1/s1. The third kappa shape index (κ3) is 3.35. The van der Waals surface area contributed by atoms with Crippen LogP contribution in [0.5, 0.6) is 5.75 Å². The molecule has 1 N–H and O–H groups in total. The molecular weight excluding hydrogens is 328 g/mol. The number of methoxy groups -OCH3 is 1. The second kappa shape index (κ2) is 7.57. The van der Waals surface area contributed by atoms with Crippen LogP contribution in [0.2, 0.25) is 0 Å². The normalized spacial score (nSPS) is 31.4. The Kier molecular flexibility index (Phi) is 5.18. The zero-order valence-electron chi connectivity index (χ0n) is 15.6. The number of hydrogen-bond acceptors (Lipinski definition) is 4. The maximum absolute atomic E-state index is 12.2. The summed E-state index contributed by atoms with van der Waals surface area (Å²) >= 11 is 0. The number of ether oxygens (including phenoxy) is 1. The molecule has 3 saturated heterocycles. The molecule has 3 fully saturated rings. The fraction of sp³-hybridized carbons (Fsp3) is 0.667. The van der Waals surface area contributed by atoms with Gasteiger partial charge in [0.15, 0.2) is 0 Å². The first-order chi connectivity index (χ1) is 12.7. The summed E-state index contributed by atoms with van der Waals surface area (Å²) in [4.78, 5) is 16.8. The second-order valence-corrected chi connectivity index (χ2v) is 8.14. The van der Waals surface area contributed by atoms with Crippen LogP contribution in [0.1, 0.15) is 31.2 Å². The highest BCUT2D eigenvalue weighted by molar-refractivity contribution is 5.77. The van der Waals surface area contributed by atoms with Crippen LogP contribution in [-0.4, -0.2) is 66.2 Å². The molecule has 26 heavy (non-hydrogen) atoms. The highest BCUT2D eigenvalue weighted by atomic mass is 16.5. The van der Waals surface area contributed by atoms with E-state index in [-0.39, 0.29) is 12.5 Å². The Balaban J connectivity index is 1.59. The number of carbonyl (C=O) groups is 1. The Morgan fingerprint density at radius 1 is 1.27 bits per heavy atom. The molecule has 0 radical (unpaired) electrons. The molecule has 5 nitrogen and oxygen atoms in total. The van der Waals surface area contributed by atoms with Crippen molar-refractivity contribution in [1.82, 2.24) is 9.80 Å². The minimum absolute atomic E-state index is 0.107. The van der Waals surface area contributed by atoms with Gasteiger partial charge in [0.25, 0.3) is 0 Å². The van der Waals surface area contributed by atoms with E-state index >= 15 is 0 Å². The number of rotatable bonds is 4. The molecule has 0 aromatic heterocycles. The highest BCUT2D eigenvalue weighted by Crippen LogP contribution is 2.42. The zero-order valence-corrected chi connectivity index (χ0v) is 15.6. The van der Waals surface area contributed by atoms with Crippen molar-refractivity contribution < 1.29 is 14.6 Å². The second-order valence-electron chi connectivity index (χ2n) is 8.14. The minimum atomic E-state index is -0.367. The van der Waals surface area contributed by atoms with Gasteiger partial charge in [-0.25, -0.2) is 0 Å². The van der Waals surface area contributed by atoms with E-state index in [9.17, 15) is 9.90 Å². The lowest BCUT2D eigenvalue weighted by Crippen LogP contribution is -2.64. The maximum Gasteiger partial charge on any atom is 0.248 e. The first kappa shape index (κ1) is 17.8. The van der Waals surface area contributed by atoms with E-state index in [4.69, 9.17) is 4.74 Å². The van der Waals surface area contributed by atoms with Gasteiger partial charge >= 0.3 is 0 Å². The number of amides is 1. The largest absolute Gasteiger partial charge is 0.497 e. The fourth-order valence-electron chi connectivity index (χ4n) is 5.53. The summed E-state index contributed by atoms with van der Waals surface area (Å²) in [5.41, 5.74) is 1.31. The van der Waals surface area contributed by atoms with Crippen LogP contribution in [-0.2, 0) is 11.2 Å². The van der Waals surface area contributed by atoms with E-state index in [0.29, 0.717) is 23.9 Å². The number of likely N-dealkylation sites (tertiary alicyclic amines) is 1. The molecular formula is C21H30N2O3. The number of piperidine rings is 3. The molecule has 0 saturated carbocycles. The molecule has 1 aromatic carbocycles. The lowest BCUT2D eigenvalue weighted by atomic mass is 9.71. The molecule has 0 unspecified atom stereocenters. The molecule has 1 aromatic rings. The van der Waals surface area contributed by atoms with Gasteiger partial charge < -0.3 is 14.7 Å². The maximum atomic E-state index is 12.2. The third-order valence-electron chi connectivity index (χ3n) is 6.69. The SMILES string of the molecule is COc1cccc(C[C@H]2[C@H]3C[C@H](CN(C(=O)CO)C3)[C@@H]3CCCCN32)c1. The summed E-state index contributed by atoms with van der Waals surface area (Å²) in [7, 11) is 1.71. The quantitative estimate of drug-likeness (QED) is 0.894. The Morgan fingerprint density at radius 3 is 2.92 bits per heavy atom. The van der Waals surface area contributed by atoms with Crippen LogP contribution in [0.15, 0.2) is 24.3 Å². The van der Waals surface area contributed by atoms with Crippen molar-refractivity contribution in [1.29, 1.82) is 0 Å². The van der Waals surface area contributed by atoms with Crippen LogP contribution < -0.4 is 4.74 Å². The summed E-state index contributed by atoms with van der Waals surface area (Å²) in [5.74, 6) is 1.85. The van der Waals surface area contributed by atoms with Crippen molar-refractivity contribution in [3.8, 4) is 5.75 Å². The first-order valence-electron chi connectivity index (χ1n) is 9.97. The van der Waals surface area contributed by atoms with Crippen molar-refractivity contribution in [3.63, 3.8) is 0 Å². The Hall–Kier alpha value is -1.59. The van der Waals surface area contributed by atoms with E-state index < -0.39 is 0 Å². The molecule has 3 heterocycles. The smallest absolute Gasteiger partial charge is 0.248 e. The number of benzene rings is 1. The summed E-state index contributed by atoms with van der Waals surface area (Å²) < 4.78 is 5.40. The molecule has 1 amide bonds. The van der Waals surface area contributed by atoms with Crippen LogP contribution in [0.4, 0.5) is 0 Å². The van der Waals surface area contributed by atoms with Gasteiger partial charge in [0.2, 0.25) is 5.91 Å².